The van der Waals surface area contributed by atoms with E-state index in [1.165, 1.54) is 35.9 Å². The zero-order chi connectivity index (χ0) is 20.3. The van der Waals surface area contributed by atoms with Crippen LogP contribution >= 0.6 is 11.8 Å². The quantitative estimate of drug-likeness (QED) is 0.580. The van der Waals surface area contributed by atoms with Crippen LogP contribution < -0.4 is 5.11 Å². The zero-order valence-corrected chi connectivity index (χ0v) is 15.9. The Bertz CT molecular complexity index is 1010. The number of likely N-dealkylation sites (N-methyl/N-ethyl adjacent to an activating group) is 1. The molecule has 1 saturated heterocycles. The second-order valence-corrected chi connectivity index (χ2v) is 6.83. The van der Waals surface area contributed by atoms with Crippen LogP contribution in [-0.2, 0) is 9.53 Å². The van der Waals surface area contributed by atoms with E-state index in [-0.39, 0.29) is 11.5 Å². The summed E-state index contributed by atoms with van der Waals surface area (Å²) in [6.45, 7) is 0. The highest BCUT2D eigenvalue weighted by atomic mass is 32.2. The molecule has 1 amide bonds. The monoisotopic (exact) mass is 395 g/mol. The van der Waals surface area contributed by atoms with Crippen molar-refractivity contribution < 1.29 is 24.2 Å². The van der Waals surface area contributed by atoms with Gasteiger partial charge in [0.2, 0.25) is 0 Å². The third kappa shape index (κ3) is 4.12. The molecular weight excluding hydrogens is 380 g/mol. The summed E-state index contributed by atoms with van der Waals surface area (Å²) in [6, 6.07) is 12.7. The fourth-order valence-corrected chi connectivity index (χ4v) is 3.44. The molecule has 1 fully saturated rings. The topological polar surface area (TPSA) is 99.1 Å². The summed E-state index contributed by atoms with van der Waals surface area (Å²) in [7, 11) is 2.91. The van der Waals surface area contributed by atoms with Gasteiger partial charge in [0.1, 0.15) is 0 Å². The van der Waals surface area contributed by atoms with Crippen molar-refractivity contribution in [1.29, 1.82) is 0 Å². The van der Waals surface area contributed by atoms with Gasteiger partial charge < -0.3 is 14.6 Å². The number of carbonyl (C=O) groups is 3. The molecule has 0 bridgehead atoms. The molecular formula is C20H15N2O5S-. The van der Waals surface area contributed by atoms with Crippen molar-refractivity contribution in [2.24, 2.45) is 4.99 Å². The van der Waals surface area contributed by atoms with Gasteiger partial charge in [-0.1, -0.05) is 24.3 Å². The Labute approximate surface area is 165 Å². The fourth-order valence-electron chi connectivity index (χ4n) is 2.45. The number of benzene rings is 2. The predicted molar refractivity (Wildman–Crippen MR) is 104 cm³/mol. The van der Waals surface area contributed by atoms with Crippen LogP contribution in [0.25, 0.3) is 6.08 Å². The average molecular weight is 395 g/mol. The Morgan fingerprint density at radius 2 is 1.86 bits per heavy atom. The van der Waals surface area contributed by atoms with Crippen molar-refractivity contribution in [3.8, 4) is 0 Å². The SMILES string of the molecule is COC(=O)c1ccc(/C=C2\SC(=Nc3cccc(C(=O)[O-])c3)N(C)C2=O)cc1. The molecule has 8 heteroatoms. The van der Waals surface area contributed by atoms with Crippen LogP contribution in [0.1, 0.15) is 26.3 Å². The summed E-state index contributed by atoms with van der Waals surface area (Å²) >= 11 is 1.18. The third-order valence-corrected chi connectivity index (χ3v) is 5.00. The van der Waals surface area contributed by atoms with Crippen LogP contribution in [0.5, 0.6) is 0 Å². The largest absolute Gasteiger partial charge is 0.545 e. The number of esters is 1. The Morgan fingerprint density at radius 1 is 1.14 bits per heavy atom. The van der Waals surface area contributed by atoms with Crippen LogP contribution in [-0.4, -0.2) is 42.1 Å². The third-order valence-electron chi connectivity index (χ3n) is 3.94. The van der Waals surface area contributed by atoms with Crippen molar-refractivity contribution >= 4 is 46.5 Å². The number of rotatable bonds is 4. The van der Waals surface area contributed by atoms with E-state index in [0.717, 1.165) is 5.56 Å². The highest BCUT2D eigenvalue weighted by Crippen LogP contribution is 2.33. The first-order valence-corrected chi connectivity index (χ1v) is 8.97. The van der Waals surface area contributed by atoms with Crippen molar-refractivity contribution in [2.45, 2.75) is 0 Å². The van der Waals surface area contributed by atoms with E-state index in [1.54, 1.807) is 49.5 Å². The highest BCUT2D eigenvalue weighted by Gasteiger charge is 2.30. The second kappa shape index (κ2) is 8.10. The predicted octanol–water partition coefficient (Wildman–Crippen LogP) is 2.07. The molecule has 0 saturated carbocycles. The van der Waals surface area contributed by atoms with Gasteiger partial charge in [-0.2, -0.15) is 0 Å². The molecule has 7 nitrogen and oxygen atoms in total. The van der Waals surface area contributed by atoms with Crippen LogP contribution in [0.4, 0.5) is 5.69 Å². The van der Waals surface area contributed by atoms with Gasteiger partial charge in [0.25, 0.3) is 5.91 Å². The molecule has 0 spiro atoms. The van der Waals surface area contributed by atoms with Crippen LogP contribution in [0.15, 0.2) is 58.4 Å². The smallest absolute Gasteiger partial charge is 0.337 e. The molecule has 142 valence electrons. The molecule has 0 radical (unpaired) electrons. The average Bonchev–Trinajstić information content (AvgIpc) is 2.96. The summed E-state index contributed by atoms with van der Waals surface area (Å²) in [4.78, 5) is 41.2. The molecule has 0 unspecified atom stereocenters. The normalized spacial score (nSPS) is 16.6. The number of carboxylic acids is 1. The molecule has 0 N–H and O–H groups in total. The number of nitrogens with zero attached hydrogens (tertiary/aromatic N) is 2. The van der Waals surface area contributed by atoms with E-state index in [0.29, 0.717) is 21.3 Å². The maximum Gasteiger partial charge on any atom is 0.337 e. The number of amidine groups is 1. The number of carbonyl (C=O) groups excluding carboxylic acids is 3. The molecule has 0 aromatic heterocycles. The first-order valence-electron chi connectivity index (χ1n) is 8.15. The van der Waals surface area contributed by atoms with Crippen LogP contribution in [0.3, 0.4) is 0 Å². The van der Waals surface area contributed by atoms with E-state index < -0.39 is 11.9 Å². The van der Waals surface area contributed by atoms with E-state index >= 15 is 0 Å². The van der Waals surface area contributed by atoms with Gasteiger partial charge in [-0.3, -0.25) is 9.69 Å². The van der Waals surface area contributed by atoms with Gasteiger partial charge in [0.15, 0.2) is 5.17 Å². The van der Waals surface area contributed by atoms with Gasteiger partial charge in [0.05, 0.1) is 29.2 Å². The van der Waals surface area contributed by atoms with Gasteiger partial charge in [-0.05, 0) is 53.2 Å². The number of carboxylic acid groups (broad SMARTS) is 1. The van der Waals surface area contributed by atoms with E-state index in [9.17, 15) is 19.5 Å². The van der Waals surface area contributed by atoms with E-state index in [4.69, 9.17) is 0 Å². The summed E-state index contributed by atoms with van der Waals surface area (Å²) in [5, 5.41) is 11.4. The maximum absolute atomic E-state index is 12.5. The number of aromatic carboxylic acids is 1. The molecule has 2 aromatic carbocycles. The van der Waals surface area contributed by atoms with Crippen molar-refractivity contribution in [3.05, 3.63) is 70.1 Å². The minimum absolute atomic E-state index is 0.0142. The van der Waals surface area contributed by atoms with Crippen molar-refractivity contribution in [3.63, 3.8) is 0 Å². The molecule has 28 heavy (non-hydrogen) atoms. The van der Waals surface area contributed by atoms with Crippen molar-refractivity contribution in [2.75, 3.05) is 14.2 Å². The Morgan fingerprint density at radius 3 is 2.50 bits per heavy atom. The fraction of sp³-hybridized carbons (Fsp3) is 0.100. The van der Waals surface area contributed by atoms with Crippen LogP contribution in [0.2, 0.25) is 0 Å². The molecule has 2 aromatic rings. The summed E-state index contributed by atoms with van der Waals surface area (Å²) in [6.07, 6.45) is 1.70. The first-order chi connectivity index (χ1) is 13.4. The Balaban J connectivity index is 1.85. The standard InChI is InChI=1S/C20H16N2O5S/c1-22-17(23)16(10-12-6-8-13(9-7-12)19(26)27-2)28-20(22)21-15-5-3-4-14(11-15)18(24)25/h3-11H,1-2H3,(H,24,25)/p-1/b16-10-,21-20?. The molecule has 0 atom stereocenters. The molecule has 0 aliphatic carbocycles. The number of methoxy groups -OCH3 is 1. The van der Waals surface area contributed by atoms with E-state index in [1.807, 2.05) is 0 Å². The molecule has 1 heterocycles. The van der Waals surface area contributed by atoms with Crippen molar-refractivity contribution in [1.82, 2.24) is 4.90 Å². The summed E-state index contributed by atoms with van der Waals surface area (Å²) < 4.78 is 4.66. The van der Waals surface area contributed by atoms with Gasteiger partial charge in [0, 0.05) is 7.05 Å². The van der Waals surface area contributed by atoms with Gasteiger partial charge in [-0.15, -0.1) is 0 Å². The zero-order valence-electron chi connectivity index (χ0n) is 15.0. The Hall–Kier alpha value is -3.39. The summed E-state index contributed by atoms with van der Waals surface area (Å²) in [5.41, 5.74) is 1.59. The molecule has 1 aliphatic rings. The van der Waals surface area contributed by atoms with Gasteiger partial charge >= 0.3 is 5.97 Å². The van der Waals surface area contributed by atoms with Crippen LogP contribution in [0, 0.1) is 0 Å². The lowest BCUT2D eigenvalue weighted by Crippen LogP contribution is -2.23. The first kappa shape index (κ1) is 19.4. The second-order valence-electron chi connectivity index (χ2n) is 5.82. The lowest BCUT2D eigenvalue weighted by atomic mass is 10.1. The molecule has 1 aliphatic heterocycles. The number of thioether (sulfide) groups is 1. The number of ether oxygens (including phenoxy) is 1. The lowest BCUT2D eigenvalue weighted by Gasteiger charge is -2.08. The number of amides is 1. The number of hydrogen-bond acceptors (Lipinski definition) is 7. The maximum atomic E-state index is 12.5. The van der Waals surface area contributed by atoms with Gasteiger partial charge in [-0.25, -0.2) is 9.79 Å². The Kier molecular flexibility index (Phi) is 5.60. The minimum Gasteiger partial charge on any atom is -0.545 e. The highest BCUT2D eigenvalue weighted by molar-refractivity contribution is 8.18. The lowest BCUT2D eigenvalue weighted by molar-refractivity contribution is -0.255. The number of aliphatic imine (C=N–C) groups is 1. The summed E-state index contributed by atoms with van der Waals surface area (Å²) in [5.74, 6) is -1.95. The number of hydrogen-bond donors (Lipinski definition) is 0. The van der Waals surface area contributed by atoms with E-state index in [2.05, 4.69) is 9.73 Å². The molecule has 3 rings (SSSR count). The minimum atomic E-state index is -1.29.